The van der Waals surface area contributed by atoms with Crippen LogP contribution in [-0.2, 0) is 9.53 Å². The van der Waals surface area contributed by atoms with E-state index in [-0.39, 0.29) is 5.97 Å². The van der Waals surface area contributed by atoms with E-state index in [1.54, 1.807) is 0 Å². The van der Waals surface area contributed by atoms with Gasteiger partial charge in [0.05, 0.1) is 7.11 Å². The summed E-state index contributed by atoms with van der Waals surface area (Å²) in [4.78, 5) is 14.5. The highest BCUT2D eigenvalue weighted by atomic mass is 16.5. The number of likely N-dealkylation sites (tertiary alicyclic amines) is 1. The minimum atomic E-state index is -0.549. The normalized spacial score (nSPS) is 20.6. The van der Waals surface area contributed by atoms with Gasteiger partial charge in [0, 0.05) is 6.54 Å². The number of carbonyl (C=O) groups is 1. The van der Waals surface area contributed by atoms with Crippen molar-refractivity contribution in [2.24, 2.45) is 5.92 Å². The van der Waals surface area contributed by atoms with Crippen LogP contribution in [0.15, 0.2) is 0 Å². The Morgan fingerprint density at radius 3 is 2.50 bits per heavy atom. The quantitative estimate of drug-likeness (QED) is 0.695. The first kappa shape index (κ1) is 17.4. The van der Waals surface area contributed by atoms with E-state index in [0.29, 0.717) is 0 Å². The molecule has 0 amide bonds. The third-order valence-corrected chi connectivity index (χ3v) is 4.61. The molecule has 1 rings (SSSR count). The van der Waals surface area contributed by atoms with E-state index in [4.69, 9.17) is 4.74 Å². The van der Waals surface area contributed by atoms with Gasteiger partial charge in [-0.25, -0.2) is 0 Å². The zero-order chi connectivity index (χ0) is 15.0. The van der Waals surface area contributed by atoms with Gasteiger partial charge in [-0.1, -0.05) is 20.3 Å². The fourth-order valence-electron chi connectivity index (χ4n) is 2.89. The summed E-state index contributed by atoms with van der Waals surface area (Å²) in [6, 6.07) is 0. The standard InChI is InChI=1S/C16H32N2O2/c1-5-10-17-16(3,15(19)20-4)9-13-18-11-7-14(6-2)8-12-18/h14,17H,5-13H2,1-4H3. The predicted molar refractivity (Wildman–Crippen MR) is 82.8 cm³/mol. The Morgan fingerprint density at radius 1 is 1.35 bits per heavy atom. The van der Waals surface area contributed by atoms with Crippen molar-refractivity contribution in [2.45, 2.75) is 58.4 Å². The van der Waals surface area contributed by atoms with Crippen LogP contribution in [0.25, 0.3) is 0 Å². The Labute approximate surface area is 124 Å². The monoisotopic (exact) mass is 284 g/mol. The molecule has 0 aromatic carbocycles. The van der Waals surface area contributed by atoms with Crippen LogP contribution in [0.2, 0.25) is 0 Å². The average Bonchev–Trinajstić information content (AvgIpc) is 2.50. The molecule has 0 spiro atoms. The maximum absolute atomic E-state index is 12.0. The van der Waals surface area contributed by atoms with Gasteiger partial charge in [0.15, 0.2) is 0 Å². The van der Waals surface area contributed by atoms with Crippen molar-refractivity contribution in [1.29, 1.82) is 0 Å². The maximum atomic E-state index is 12.0. The summed E-state index contributed by atoms with van der Waals surface area (Å²) in [5.41, 5.74) is -0.549. The molecule has 1 aliphatic rings. The van der Waals surface area contributed by atoms with E-state index < -0.39 is 5.54 Å². The molecule has 1 unspecified atom stereocenters. The number of carbonyl (C=O) groups excluding carboxylic acids is 1. The van der Waals surface area contributed by atoms with E-state index in [2.05, 4.69) is 24.1 Å². The van der Waals surface area contributed by atoms with Crippen LogP contribution in [-0.4, -0.2) is 49.7 Å². The average molecular weight is 284 g/mol. The Bertz CT molecular complexity index is 288. The minimum Gasteiger partial charge on any atom is -0.468 e. The minimum absolute atomic E-state index is 0.144. The summed E-state index contributed by atoms with van der Waals surface area (Å²) in [7, 11) is 1.47. The third-order valence-electron chi connectivity index (χ3n) is 4.61. The molecule has 1 aliphatic heterocycles. The first-order valence-electron chi connectivity index (χ1n) is 8.11. The van der Waals surface area contributed by atoms with Crippen molar-refractivity contribution >= 4 is 5.97 Å². The van der Waals surface area contributed by atoms with Crippen molar-refractivity contribution in [1.82, 2.24) is 10.2 Å². The highest BCUT2D eigenvalue weighted by molar-refractivity contribution is 5.80. The third kappa shape index (κ3) is 5.06. The van der Waals surface area contributed by atoms with Gasteiger partial charge in [-0.15, -0.1) is 0 Å². The molecule has 0 aliphatic carbocycles. The van der Waals surface area contributed by atoms with Crippen molar-refractivity contribution in [3.63, 3.8) is 0 Å². The Hall–Kier alpha value is -0.610. The molecule has 0 aromatic heterocycles. The second-order valence-electron chi connectivity index (χ2n) is 6.19. The molecule has 4 nitrogen and oxygen atoms in total. The number of hydrogen-bond acceptors (Lipinski definition) is 4. The molecule has 0 radical (unpaired) electrons. The summed E-state index contributed by atoms with van der Waals surface area (Å²) < 4.78 is 4.97. The van der Waals surface area contributed by atoms with E-state index in [1.807, 2.05) is 6.92 Å². The van der Waals surface area contributed by atoms with Gasteiger partial charge in [0.1, 0.15) is 5.54 Å². The van der Waals surface area contributed by atoms with E-state index >= 15 is 0 Å². The Kier molecular flexibility index (Phi) is 7.52. The molecule has 4 heteroatoms. The Balaban J connectivity index is 2.44. The first-order valence-corrected chi connectivity index (χ1v) is 8.11. The van der Waals surface area contributed by atoms with Crippen molar-refractivity contribution < 1.29 is 9.53 Å². The van der Waals surface area contributed by atoms with Gasteiger partial charge >= 0.3 is 5.97 Å². The molecule has 1 saturated heterocycles. The van der Waals surface area contributed by atoms with Crippen molar-refractivity contribution in [2.75, 3.05) is 33.3 Å². The SMILES string of the molecule is CCCNC(C)(CCN1CCC(CC)CC1)C(=O)OC. The van der Waals surface area contributed by atoms with Crippen molar-refractivity contribution in [3.05, 3.63) is 0 Å². The molecule has 1 atom stereocenters. The molecule has 0 saturated carbocycles. The van der Waals surface area contributed by atoms with Crippen LogP contribution in [0.5, 0.6) is 0 Å². The number of nitrogens with zero attached hydrogens (tertiary/aromatic N) is 1. The van der Waals surface area contributed by atoms with Gasteiger partial charge < -0.3 is 15.0 Å². The molecule has 0 aromatic rings. The van der Waals surface area contributed by atoms with Gasteiger partial charge in [-0.2, -0.15) is 0 Å². The summed E-state index contributed by atoms with van der Waals surface area (Å²) in [5.74, 6) is 0.755. The second kappa shape index (κ2) is 8.63. The molecule has 118 valence electrons. The maximum Gasteiger partial charge on any atom is 0.325 e. The van der Waals surface area contributed by atoms with Gasteiger partial charge in [-0.3, -0.25) is 4.79 Å². The molecule has 1 N–H and O–H groups in total. The number of piperidine rings is 1. The lowest BCUT2D eigenvalue weighted by atomic mass is 9.93. The van der Waals surface area contributed by atoms with Gasteiger partial charge in [-0.05, 0) is 58.2 Å². The lowest BCUT2D eigenvalue weighted by Crippen LogP contribution is -2.52. The fourth-order valence-corrected chi connectivity index (χ4v) is 2.89. The van der Waals surface area contributed by atoms with Crippen LogP contribution in [0.3, 0.4) is 0 Å². The highest BCUT2D eigenvalue weighted by Crippen LogP contribution is 2.21. The molecular formula is C16H32N2O2. The number of rotatable bonds is 8. The lowest BCUT2D eigenvalue weighted by Gasteiger charge is -2.35. The molecule has 1 heterocycles. The molecule has 1 fully saturated rings. The number of ether oxygens (including phenoxy) is 1. The molecule has 20 heavy (non-hydrogen) atoms. The highest BCUT2D eigenvalue weighted by Gasteiger charge is 2.34. The second-order valence-corrected chi connectivity index (χ2v) is 6.19. The number of methoxy groups -OCH3 is 1. The summed E-state index contributed by atoms with van der Waals surface area (Å²) in [6.07, 6.45) is 5.73. The van der Waals surface area contributed by atoms with Crippen LogP contribution in [0.4, 0.5) is 0 Å². The summed E-state index contributed by atoms with van der Waals surface area (Å²) in [5, 5.41) is 3.35. The van der Waals surface area contributed by atoms with Crippen LogP contribution in [0.1, 0.15) is 52.9 Å². The zero-order valence-electron chi connectivity index (χ0n) is 13.7. The smallest absolute Gasteiger partial charge is 0.325 e. The molecule has 0 bridgehead atoms. The number of esters is 1. The summed E-state index contributed by atoms with van der Waals surface area (Å²) >= 11 is 0. The van der Waals surface area contributed by atoms with Crippen LogP contribution >= 0.6 is 0 Å². The first-order chi connectivity index (χ1) is 9.55. The van der Waals surface area contributed by atoms with E-state index in [1.165, 1.54) is 39.5 Å². The summed E-state index contributed by atoms with van der Waals surface area (Å²) in [6.45, 7) is 10.5. The van der Waals surface area contributed by atoms with Crippen molar-refractivity contribution in [3.8, 4) is 0 Å². The van der Waals surface area contributed by atoms with Crippen LogP contribution < -0.4 is 5.32 Å². The van der Waals surface area contributed by atoms with Gasteiger partial charge in [0.2, 0.25) is 0 Å². The topological polar surface area (TPSA) is 41.6 Å². The van der Waals surface area contributed by atoms with E-state index in [9.17, 15) is 4.79 Å². The zero-order valence-corrected chi connectivity index (χ0v) is 13.7. The lowest BCUT2D eigenvalue weighted by molar-refractivity contribution is -0.148. The number of hydrogen-bond donors (Lipinski definition) is 1. The van der Waals surface area contributed by atoms with Crippen LogP contribution in [0, 0.1) is 5.92 Å². The number of nitrogens with one attached hydrogen (secondary N) is 1. The van der Waals surface area contributed by atoms with Gasteiger partial charge in [0.25, 0.3) is 0 Å². The largest absolute Gasteiger partial charge is 0.468 e. The Morgan fingerprint density at radius 2 is 2.00 bits per heavy atom. The molecular weight excluding hydrogens is 252 g/mol. The fraction of sp³-hybridized carbons (Fsp3) is 0.938. The predicted octanol–water partition coefficient (Wildman–Crippen LogP) is 2.43. The van der Waals surface area contributed by atoms with E-state index in [0.717, 1.165) is 31.8 Å².